The molecule has 5 heteroatoms. The number of benzene rings is 1. The van der Waals surface area contributed by atoms with Crippen LogP contribution in [-0.2, 0) is 4.74 Å². The zero-order valence-corrected chi connectivity index (χ0v) is 9.49. The maximum atomic E-state index is 5.35. The first-order valence-corrected chi connectivity index (χ1v) is 5.73. The van der Waals surface area contributed by atoms with Crippen molar-refractivity contribution < 1.29 is 4.74 Å². The average molecular weight is 230 g/mol. The minimum Gasteiger partial charge on any atom is -0.378 e. The predicted octanol–water partition coefficient (Wildman–Crippen LogP) is 1.10. The highest BCUT2D eigenvalue weighted by Crippen LogP contribution is 2.18. The van der Waals surface area contributed by atoms with Crippen molar-refractivity contribution in [3.63, 3.8) is 0 Å². The third-order valence-electron chi connectivity index (χ3n) is 2.86. The molecular formula is C12H14N4O. The molecular weight excluding hydrogens is 216 g/mol. The van der Waals surface area contributed by atoms with Crippen molar-refractivity contribution in [2.45, 2.75) is 0 Å². The Bertz CT molecular complexity index is 477. The van der Waals surface area contributed by atoms with E-state index in [0.717, 1.165) is 32.0 Å². The lowest BCUT2D eigenvalue weighted by Crippen LogP contribution is -2.36. The van der Waals surface area contributed by atoms with Gasteiger partial charge in [0.15, 0.2) is 0 Å². The van der Waals surface area contributed by atoms with Crippen molar-refractivity contribution in [2.24, 2.45) is 0 Å². The van der Waals surface area contributed by atoms with E-state index < -0.39 is 0 Å². The van der Waals surface area contributed by atoms with E-state index in [-0.39, 0.29) is 0 Å². The normalized spacial score (nSPS) is 16.1. The number of morpholine rings is 1. The number of hydrogen-bond acceptors (Lipinski definition) is 4. The summed E-state index contributed by atoms with van der Waals surface area (Å²) in [6.07, 6.45) is 3.36. The molecule has 1 fully saturated rings. The van der Waals surface area contributed by atoms with Crippen LogP contribution in [-0.4, -0.2) is 41.3 Å². The maximum Gasteiger partial charge on any atom is 0.0877 e. The second-order valence-electron chi connectivity index (χ2n) is 3.94. The summed E-state index contributed by atoms with van der Waals surface area (Å²) in [5.41, 5.74) is 2.18. The third-order valence-corrected chi connectivity index (χ3v) is 2.86. The molecule has 0 bridgehead atoms. The summed E-state index contributed by atoms with van der Waals surface area (Å²) in [5.74, 6) is 0. The zero-order valence-electron chi connectivity index (χ0n) is 9.49. The minimum atomic E-state index is 0.796. The van der Waals surface area contributed by atoms with Gasteiger partial charge in [-0.25, -0.2) is 0 Å². The van der Waals surface area contributed by atoms with E-state index in [0.29, 0.717) is 0 Å². The maximum absolute atomic E-state index is 5.35. The predicted molar refractivity (Wildman–Crippen MR) is 64.4 cm³/mol. The second kappa shape index (κ2) is 4.55. The Morgan fingerprint density at radius 1 is 1.00 bits per heavy atom. The van der Waals surface area contributed by atoms with Crippen molar-refractivity contribution in [3.8, 4) is 5.69 Å². The van der Waals surface area contributed by atoms with Gasteiger partial charge in [-0.3, -0.25) is 0 Å². The standard InChI is InChI=1S/C12H14N4O/c1-2-11(15-6-8-17-9-7-15)10-12(3-1)16-13-4-5-14-16/h1-5,10H,6-9H2. The summed E-state index contributed by atoms with van der Waals surface area (Å²) in [4.78, 5) is 3.94. The molecule has 2 aromatic rings. The molecule has 88 valence electrons. The monoisotopic (exact) mass is 230 g/mol. The molecule has 0 N–H and O–H groups in total. The molecule has 0 radical (unpaired) electrons. The van der Waals surface area contributed by atoms with Crippen LogP contribution in [0.5, 0.6) is 0 Å². The van der Waals surface area contributed by atoms with Crippen LogP contribution in [0.3, 0.4) is 0 Å². The molecule has 0 saturated carbocycles. The van der Waals surface area contributed by atoms with Crippen molar-refractivity contribution in [3.05, 3.63) is 36.7 Å². The van der Waals surface area contributed by atoms with E-state index in [1.165, 1.54) is 5.69 Å². The molecule has 5 nitrogen and oxygen atoms in total. The van der Waals surface area contributed by atoms with Crippen molar-refractivity contribution in [1.82, 2.24) is 15.0 Å². The molecule has 17 heavy (non-hydrogen) atoms. The first-order valence-electron chi connectivity index (χ1n) is 5.73. The van der Waals surface area contributed by atoms with Crippen LogP contribution in [0, 0.1) is 0 Å². The van der Waals surface area contributed by atoms with Gasteiger partial charge in [0.25, 0.3) is 0 Å². The fourth-order valence-electron chi connectivity index (χ4n) is 1.98. The van der Waals surface area contributed by atoms with Gasteiger partial charge >= 0.3 is 0 Å². The van der Waals surface area contributed by atoms with Gasteiger partial charge in [-0.05, 0) is 18.2 Å². The van der Waals surface area contributed by atoms with E-state index >= 15 is 0 Å². The molecule has 1 saturated heterocycles. The molecule has 2 heterocycles. The van der Waals surface area contributed by atoms with Gasteiger partial charge in [-0.2, -0.15) is 15.0 Å². The van der Waals surface area contributed by atoms with Crippen molar-refractivity contribution in [1.29, 1.82) is 0 Å². The lowest BCUT2D eigenvalue weighted by atomic mass is 10.2. The second-order valence-corrected chi connectivity index (χ2v) is 3.94. The summed E-state index contributed by atoms with van der Waals surface area (Å²) in [6, 6.07) is 8.25. The highest BCUT2D eigenvalue weighted by atomic mass is 16.5. The van der Waals surface area contributed by atoms with Gasteiger partial charge in [0, 0.05) is 18.8 Å². The number of nitrogens with zero attached hydrogens (tertiary/aromatic N) is 4. The highest BCUT2D eigenvalue weighted by molar-refractivity contribution is 5.52. The van der Waals surface area contributed by atoms with Gasteiger partial charge in [-0.1, -0.05) is 6.07 Å². The van der Waals surface area contributed by atoms with Crippen LogP contribution in [0.15, 0.2) is 36.7 Å². The quantitative estimate of drug-likeness (QED) is 0.775. The van der Waals surface area contributed by atoms with Crippen LogP contribution in [0.1, 0.15) is 0 Å². The lowest BCUT2D eigenvalue weighted by molar-refractivity contribution is 0.122. The summed E-state index contributed by atoms with van der Waals surface area (Å²) in [5, 5.41) is 8.27. The van der Waals surface area contributed by atoms with E-state index in [1.54, 1.807) is 17.2 Å². The van der Waals surface area contributed by atoms with Crippen LogP contribution < -0.4 is 4.90 Å². The Morgan fingerprint density at radius 3 is 2.47 bits per heavy atom. The van der Waals surface area contributed by atoms with Crippen molar-refractivity contribution in [2.75, 3.05) is 31.2 Å². The van der Waals surface area contributed by atoms with E-state index in [1.807, 2.05) is 12.1 Å². The molecule has 0 spiro atoms. The number of rotatable bonds is 2. The Morgan fingerprint density at radius 2 is 1.71 bits per heavy atom. The molecule has 3 rings (SSSR count). The Labute approximate surface area is 99.6 Å². The summed E-state index contributed by atoms with van der Waals surface area (Å²) in [7, 11) is 0. The number of anilines is 1. The van der Waals surface area contributed by atoms with Gasteiger partial charge < -0.3 is 9.64 Å². The Balaban J connectivity index is 1.88. The Hall–Kier alpha value is -1.88. The first-order chi connectivity index (χ1) is 8.43. The summed E-state index contributed by atoms with van der Waals surface area (Å²) in [6.45, 7) is 3.47. The minimum absolute atomic E-state index is 0.796. The SMILES string of the molecule is c1cc(N2CCOCC2)cc(-n2nccn2)c1. The zero-order chi connectivity index (χ0) is 11.5. The van der Waals surface area contributed by atoms with Crippen LogP contribution >= 0.6 is 0 Å². The molecule has 0 unspecified atom stereocenters. The number of aromatic nitrogens is 3. The lowest BCUT2D eigenvalue weighted by Gasteiger charge is -2.29. The largest absolute Gasteiger partial charge is 0.378 e. The fraction of sp³-hybridized carbons (Fsp3) is 0.333. The van der Waals surface area contributed by atoms with Gasteiger partial charge in [0.1, 0.15) is 0 Å². The highest BCUT2D eigenvalue weighted by Gasteiger charge is 2.11. The van der Waals surface area contributed by atoms with Gasteiger partial charge in [-0.15, -0.1) is 0 Å². The topological polar surface area (TPSA) is 43.2 Å². The Kier molecular flexibility index (Phi) is 2.75. The van der Waals surface area contributed by atoms with E-state index in [4.69, 9.17) is 4.74 Å². The number of hydrogen-bond donors (Lipinski definition) is 0. The van der Waals surface area contributed by atoms with Crippen LogP contribution in [0.2, 0.25) is 0 Å². The molecule has 0 atom stereocenters. The van der Waals surface area contributed by atoms with E-state index in [9.17, 15) is 0 Å². The summed E-state index contributed by atoms with van der Waals surface area (Å²) >= 11 is 0. The van der Waals surface area contributed by atoms with E-state index in [2.05, 4.69) is 27.2 Å². The molecule has 1 aromatic heterocycles. The fourth-order valence-corrected chi connectivity index (χ4v) is 1.98. The van der Waals surface area contributed by atoms with Crippen molar-refractivity contribution >= 4 is 5.69 Å². The van der Waals surface area contributed by atoms with Crippen LogP contribution in [0.25, 0.3) is 5.69 Å². The first kappa shape index (κ1) is 10.3. The molecule has 1 aliphatic rings. The third kappa shape index (κ3) is 2.14. The van der Waals surface area contributed by atoms with Crippen LogP contribution in [0.4, 0.5) is 5.69 Å². The number of ether oxygens (including phenoxy) is 1. The average Bonchev–Trinajstić information content (AvgIpc) is 2.94. The molecule has 0 aliphatic carbocycles. The van der Waals surface area contributed by atoms with Gasteiger partial charge in [0.2, 0.25) is 0 Å². The summed E-state index contributed by atoms with van der Waals surface area (Å²) < 4.78 is 5.35. The molecule has 1 aromatic carbocycles. The smallest absolute Gasteiger partial charge is 0.0877 e. The molecule has 1 aliphatic heterocycles. The van der Waals surface area contributed by atoms with Gasteiger partial charge in [0.05, 0.1) is 31.3 Å². The molecule has 0 amide bonds.